The SMILES string of the molecule is C=C(C)CNCCNCC(=C)C. The molecule has 0 aromatic heterocycles. The third-order valence-electron chi connectivity index (χ3n) is 1.33. The van der Waals surface area contributed by atoms with Crippen LogP contribution in [0.2, 0.25) is 0 Å². The molecular formula is C10H20N2. The zero-order valence-electron chi connectivity index (χ0n) is 8.24. The summed E-state index contributed by atoms with van der Waals surface area (Å²) in [5.74, 6) is 0. The second-order valence-corrected chi connectivity index (χ2v) is 3.27. The quantitative estimate of drug-likeness (QED) is 0.442. The van der Waals surface area contributed by atoms with Crippen LogP contribution in [0.15, 0.2) is 24.3 Å². The highest BCUT2D eigenvalue weighted by molar-refractivity contribution is 4.91. The fraction of sp³-hybridized carbons (Fsp3) is 0.600. The number of hydrogen-bond acceptors (Lipinski definition) is 2. The molecule has 0 unspecified atom stereocenters. The maximum atomic E-state index is 3.80. The van der Waals surface area contributed by atoms with Gasteiger partial charge in [-0.25, -0.2) is 0 Å². The molecule has 0 saturated heterocycles. The molecule has 0 aliphatic rings. The summed E-state index contributed by atoms with van der Waals surface area (Å²) in [6.45, 7) is 15.4. The lowest BCUT2D eigenvalue weighted by atomic mass is 10.3. The third-order valence-corrected chi connectivity index (χ3v) is 1.33. The van der Waals surface area contributed by atoms with Crippen LogP contribution in [0.4, 0.5) is 0 Å². The molecule has 0 aromatic rings. The number of rotatable bonds is 7. The molecule has 0 fully saturated rings. The molecule has 0 aromatic carbocycles. The van der Waals surface area contributed by atoms with Crippen LogP contribution in [0.5, 0.6) is 0 Å². The van der Waals surface area contributed by atoms with Crippen molar-refractivity contribution in [2.75, 3.05) is 26.2 Å². The van der Waals surface area contributed by atoms with E-state index in [2.05, 4.69) is 23.8 Å². The third kappa shape index (κ3) is 9.40. The Kier molecular flexibility index (Phi) is 6.72. The zero-order valence-corrected chi connectivity index (χ0v) is 8.24. The molecule has 12 heavy (non-hydrogen) atoms. The Balaban J connectivity index is 3.01. The largest absolute Gasteiger partial charge is 0.312 e. The molecule has 2 nitrogen and oxygen atoms in total. The van der Waals surface area contributed by atoms with E-state index in [0.717, 1.165) is 26.2 Å². The average molecular weight is 168 g/mol. The monoisotopic (exact) mass is 168 g/mol. The first-order valence-electron chi connectivity index (χ1n) is 4.33. The summed E-state index contributed by atoms with van der Waals surface area (Å²) >= 11 is 0. The Labute approximate surface area is 75.7 Å². The van der Waals surface area contributed by atoms with Gasteiger partial charge in [0.1, 0.15) is 0 Å². The molecule has 0 heterocycles. The van der Waals surface area contributed by atoms with E-state index in [1.807, 2.05) is 13.8 Å². The smallest absolute Gasteiger partial charge is 0.0159 e. The molecule has 0 atom stereocenters. The van der Waals surface area contributed by atoms with Gasteiger partial charge in [0.15, 0.2) is 0 Å². The van der Waals surface area contributed by atoms with Crippen molar-refractivity contribution < 1.29 is 0 Å². The highest BCUT2D eigenvalue weighted by atomic mass is 14.9. The van der Waals surface area contributed by atoms with Gasteiger partial charge in [0, 0.05) is 26.2 Å². The van der Waals surface area contributed by atoms with Crippen LogP contribution >= 0.6 is 0 Å². The van der Waals surface area contributed by atoms with Crippen molar-refractivity contribution in [1.29, 1.82) is 0 Å². The van der Waals surface area contributed by atoms with E-state index in [1.165, 1.54) is 11.1 Å². The lowest BCUT2D eigenvalue weighted by molar-refractivity contribution is 0.653. The number of hydrogen-bond donors (Lipinski definition) is 2. The molecule has 0 aliphatic carbocycles. The molecule has 0 spiro atoms. The standard InChI is InChI=1S/C10H20N2/c1-9(2)7-11-5-6-12-8-10(3)4/h11-12H,1,3,5-8H2,2,4H3. The van der Waals surface area contributed by atoms with E-state index in [9.17, 15) is 0 Å². The molecule has 70 valence electrons. The van der Waals surface area contributed by atoms with Crippen LogP contribution in [0, 0.1) is 0 Å². The van der Waals surface area contributed by atoms with Gasteiger partial charge in [-0.05, 0) is 13.8 Å². The van der Waals surface area contributed by atoms with Crippen molar-refractivity contribution >= 4 is 0 Å². The van der Waals surface area contributed by atoms with Crippen molar-refractivity contribution in [3.63, 3.8) is 0 Å². The molecule has 2 N–H and O–H groups in total. The molecule has 0 amide bonds. The highest BCUT2D eigenvalue weighted by Gasteiger charge is 1.87. The van der Waals surface area contributed by atoms with Crippen LogP contribution < -0.4 is 10.6 Å². The summed E-state index contributed by atoms with van der Waals surface area (Å²) in [5.41, 5.74) is 2.35. The van der Waals surface area contributed by atoms with E-state index in [-0.39, 0.29) is 0 Å². The molecule has 0 rings (SSSR count). The fourth-order valence-electron chi connectivity index (χ4n) is 0.780. The molecule has 0 radical (unpaired) electrons. The van der Waals surface area contributed by atoms with Crippen LogP contribution in [0.25, 0.3) is 0 Å². The normalized spacial score (nSPS) is 9.83. The summed E-state index contributed by atoms with van der Waals surface area (Å²) in [6.07, 6.45) is 0. The second-order valence-electron chi connectivity index (χ2n) is 3.27. The Morgan fingerprint density at radius 1 is 0.917 bits per heavy atom. The van der Waals surface area contributed by atoms with E-state index >= 15 is 0 Å². The van der Waals surface area contributed by atoms with Crippen molar-refractivity contribution in [3.05, 3.63) is 24.3 Å². The maximum Gasteiger partial charge on any atom is 0.0159 e. The Morgan fingerprint density at radius 2 is 1.25 bits per heavy atom. The van der Waals surface area contributed by atoms with E-state index in [4.69, 9.17) is 0 Å². The van der Waals surface area contributed by atoms with Gasteiger partial charge in [0.05, 0.1) is 0 Å². The van der Waals surface area contributed by atoms with Gasteiger partial charge in [0.2, 0.25) is 0 Å². The minimum Gasteiger partial charge on any atom is -0.312 e. The van der Waals surface area contributed by atoms with Gasteiger partial charge in [-0.2, -0.15) is 0 Å². The zero-order chi connectivity index (χ0) is 9.40. The lowest BCUT2D eigenvalue weighted by Gasteiger charge is -2.05. The van der Waals surface area contributed by atoms with Gasteiger partial charge in [-0.15, -0.1) is 0 Å². The van der Waals surface area contributed by atoms with E-state index < -0.39 is 0 Å². The van der Waals surface area contributed by atoms with Gasteiger partial charge >= 0.3 is 0 Å². The first kappa shape index (κ1) is 11.4. The van der Waals surface area contributed by atoms with Crippen LogP contribution in [0.3, 0.4) is 0 Å². The molecule has 0 saturated carbocycles. The molecule has 2 heteroatoms. The van der Waals surface area contributed by atoms with Crippen molar-refractivity contribution in [2.24, 2.45) is 0 Å². The minimum atomic E-state index is 0.911. The molecular weight excluding hydrogens is 148 g/mol. The Hall–Kier alpha value is -0.600. The predicted octanol–water partition coefficient (Wildman–Crippen LogP) is 1.32. The average Bonchev–Trinajstić information content (AvgIpc) is 1.95. The summed E-state index contributed by atoms with van der Waals surface area (Å²) in [5, 5.41) is 6.53. The molecule has 0 bridgehead atoms. The summed E-state index contributed by atoms with van der Waals surface area (Å²) in [7, 11) is 0. The Morgan fingerprint density at radius 3 is 1.50 bits per heavy atom. The highest BCUT2D eigenvalue weighted by Crippen LogP contribution is 1.81. The summed E-state index contributed by atoms with van der Waals surface area (Å²) in [6, 6.07) is 0. The van der Waals surface area contributed by atoms with Crippen molar-refractivity contribution in [3.8, 4) is 0 Å². The first-order chi connectivity index (χ1) is 5.63. The maximum absolute atomic E-state index is 3.80. The first-order valence-corrected chi connectivity index (χ1v) is 4.33. The molecule has 0 aliphatic heterocycles. The van der Waals surface area contributed by atoms with E-state index in [1.54, 1.807) is 0 Å². The van der Waals surface area contributed by atoms with Gasteiger partial charge in [0.25, 0.3) is 0 Å². The number of nitrogens with one attached hydrogen (secondary N) is 2. The van der Waals surface area contributed by atoms with Crippen molar-refractivity contribution in [2.45, 2.75) is 13.8 Å². The minimum absolute atomic E-state index is 0.911. The Bertz CT molecular complexity index is 132. The van der Waals surface area contributed by atoms with Gasteiger partial charge in [-0.3, -0.25) is 0 Å². The predicted molar refractivity (Wildman–Crippen MR) is 55.4 cm³/mol. The summed E-state index contributed by atoms with van der Waals surface area (Å²) in [4.78, 5) is 0. The fourth-order valence-corrected chi connectivity index (χ4v) is 0.780. The lowest BCUT2D eigenvalue weighted by Crippen LogP contribution is -2.28. The van der Waals surface area contributed by atoms with Gasteiger partial charge < -0.3 is 10.6 Å². The van der Waals surface area contributed by atoms with Crippen LogP contribution in [0.1, 0.15) is 13.8 Å². The van der Waals surface area contributed by atoms with E-state index in [0.29, 0.717) is 0 Å². The summed E-state index contributed by atoms with van der Waals surface area (Å²) < 4.78 is 0. The topological polar surface area (TPSA) is 24.1 Å². The van der Waals surface area contributed by atoms with Crippen LogP contribution in [-0.2, 0) is 0 Å². The van der Waals surface area contributed by atoms with Crippen LogP contribution in [-0.4, -0.2) is 26.2 Å². The second kappa shape index (κ2) is 7.07. The van der Waals surface area contributed by atoms with Crippen molar-refractivity contribution in [1.82, 2.24) is 10.6 Å². The van der Waals surface area contributed by atoms with Gasteiger partial charge in [-0.1, -0.05) is 24.3 Å².